The van der Waals surface area contributed by atoms with Crippen molar-refractivity contribution in [1.82, 2.24) is 0 Å². The van der Waals surface area contributed by atoms with E-state index in [1.54, 1.807) is 67.8 Å². The van der Waals surface area contributed by atoms with Gasteiger partial charge in [0.25, 0.3) is 5.91 Å². The number of methoxy groups -OCH3 is 3. The molecule has 0 aliphatic carbocycles. The fourth-order valence-corrected chi connectivity index (χ4v) is 3.26. The number of hydrogen-bond donors (Lipinski definition) is 1. The van der Waals surface area contributed by atoms with Crippen LogP contribution in [0.4, 0.5) is 5.69 Å². The predicted octanol–water partition coefficient (Wildman–Crippen LogP) is 4.74. The van der Waals surface area contributed by atoms with Crippen molar-refractivity contribution in [2.45, 2.75) is 0 Å². The summed E-state index contributed by atoms with van der Waals surface area (Å²) in [6.07, 6.45) is 0. The monoisotopic (exact) mass is 431 g/mol. The molecule has 7 heteroatoms. The summed E-state index contributed by atoms with van der Waals surface area (Å²) in [5.41, 5.74) is 2.01. The van der Waals surface area contributed by atoms with Crippen molar-refractivity contribution in [3.05, 3.63) is 82.5 Å². The maximum absolute atomic E-state index is 12.7. The van der Waals surface area contributed by atoms with Crippen LogP contribution in [0.25, 0.3) is 22.3 Å². The maximum atomic E-state index is 12.7. The minimum Gasteiger partial charge on any atom is -0.497 e. The summed E-state index contributed by atoms with van der Waals surface area (Å²) in [7, 11) is 4.59. The highest BCUT2D eigenvalue weighted by Crippen LogP contribution is 2.27. The van der Waals surface area contributed by atoms with Crippen molar-refractivity contribution in [3.63, 3.8) is 0 Å². The van der Waals surface area contributed by atoms with Crippen LogP contribution >= 0.6 is 0 Å². The third-order valence-electron chi connectivity index (χ3n) is 4.98. The van der Waals surface area contributed by atoms with Crippen LogP contribution in [0.15, 0.2) is 75.9 Å². The molecular formula is C25H21NO6. The molecule has 0 saturated carbocycles. The lowest BCUT2D eigenvalue weighted by atomic mass is 10.1. The van der Waals surface area contributed by atoms with Gasteiger partial charge >= 0.3 is 0 Å². The number of carbonyl (C=O) groups is 1. The first-order valence-corrected chi connectivity index (χ1v) is 9.77. The van der Waals surface area contributed by atoms with Crippen molar-refractivity contribution in [2.24, 2.45) is 0 Å². The Balaban J connectivity index is 1.57. The molecule has 4 rings (SSSR count). The Bertz CT molecular complexity index is 1320. The maximum Gasteiger partial charge on any atom is 0.255 e. The zero-order valence-electron chi connectivity index (χ0n) is 17.8. The fraction of sp³-hybridized carbons (Fsp3) is 0.120. The predicted molar refractivity (Wildman–Crippen MR) is 122 cm³/mol. The van der Waals surface area contributed by atoms with Gasteiger partial charge in [0.1, 0.15) is 28.6 Å². The van der Waals surface area contributed by atoms with E-state index in [1.165, 1.54) is 20.3 Å². The van der Waals surface area contributed by atoms with E-state index in [-0.39, 0.29) is 11.3 Å². The van der Waals surface area contributed by atoms with E-state index in [4.69, 9.17) is 18.6 Å². The Morgan fingerprint density at radius 1 is 0.781 bits per heavy atom. The zero-order chi connectivity index (χ0) is 22.7. The van der Waals surface area contributed by atoms with Gasteiger partial charge in [-0.2, -0.15) is 0 Å². The Hall–Kier alpha value is -4.26. The summed E-state index contributed by atoms with van der Waals surface area (Å²) in [6, 6.07) is 18.5. The first kappa shape index (κ1) is 21.0. The third kappa shape index (κ3) is 4.27. The van der Waals surface area contributed by atoms with Crippen LogP contribution in [0.2, 0.25) is 0 Å². The van der Waals surface area contributed by atoms with E-state index in [0.717, 1.165) is 0 Å². The lowest BCUT2D eigenvalue weighted by Crippen LogP contribution is -2.12. The molecule has 0 saturated heterocycles. The average Bonchev–Trinajstić information content (AvgIpc) is 2.83. The van der Waals surface area contributed by atoms with Crippen LogP contribution in [0.3, 0.4) is 0 Å². The summed E-state index contributed by atoms with van der Waals surface area (Å²) < 4.78 is 21.5. The van der Waals surface area contributed by atoms with Gasteiger partial charge < -0.3 is 23.9 Å². The van der Waals surface area contributed by atoms with Gasteiger partial charge in [0.15, 0.2) is 5.43 Å². The zero-order valence-corrected chi connectivity index (χ0v) is 17.8. The second-order valence-corrected chi connectivity index (χ2v) is 6.97. The summed E-state index contributed by atoms with van der Waals surface area (Å²) in [4.78, 5) is 25.2. The molecule has 3 aromatic carbocycles. The lowest BCUT2D eigenvalue weighted by Gasteiger charge is -2.10. The second kappa shape index (κ2) is 8.85. The summed E-state index contributed by atoms with van der Waals surface area (Å²) >= 11 is 0. The number of carbonyl (C=O) groups excluding carboxylic acids is 1. The van der Waals surface area contributed by atoms with E-state index >= 15 is 0 Å². The molecule has 162 valence electrons. The number of nitrogens with one attached hydrogen (secondary N) is 1. The minimum absolute atomic E-state index is 0.162. The largest absolute Gasteiger partial charge is 0.497 e. The molecule has 0 aliphatic heterocycles. The molecule has 0 bridgehead atoms. The number of hydrogen-bond acceptors (Lipinski definition) is 6. The highest BCUT2D eigenvalue weighted by molar-refractivity contribution is 6.04. The summed E-state index contributed by atoms with van der Waals surface area (Å²) in [5, 5.41) is 3.29. The molecule has 0 unspecified atom stereocenters. The highest BCUT2D eigenvalue weighted by atomic mass is 16.5. The molecular weight excluding hydrogens is 410 g/mol. The molecule has 4 aromatic rings. The van der Waals surface area contributed by atoms with Crippen LogP contribution in [0.5, 0.6) is 17.2 Å². The molecule has 0 spiro atoms. The first-order valence-electron chi connectivity index (χ1n) is 9.77. The molecule has 32 heavy (non-hydrogen) atoms. The first-order chi connectivity index (χ1) is 15.5. The molecule has 1 aromatic heterocycles. The number of benzene rings is 3. The molecule has 1 heterocycles. The number of fused-ring (bicyclic) bond motifs is 1. The normalized spacial score (nSPS) is 10.6. The fourth-order valence-electron chi connectivity index (χ4n) is 3.26. The van der Waals surface area contributed by atoms with Gasteiger partial charge in [-0.25, -0.2) is 0 Å². The molecule has 0 radical (unpaired) electrons. The average molecular weight is 431 g/mol. The van der Waals surface area contributed by atoms with Crippen LogP contribution in [-0.2, 0) is 0 Å². The highest BCUT2D eigenvalue weighted by Gasteiger charge is 2.12. The smallest absolute Gasteiger partial charge is 0.255 e. The van der Waals surface area contributed by atoms with Crippen LogP contribution in [0, 0.1) is 0 Å². The lowest BCUT2D eigenvalue weighted by molar-refractivity contribution is 0.102. The van der Waals surface area contributed by atoms with E-state index in [0.29, 0.717) is 50.8 Å². The molecule has 0 aliphatic rings. The summed E-state index contributed by atoms with van der Waals surface area (Å²) in [6.45, 7) is 0. The molecule has 1 N–H and O–H groups in total. The number of amides is 1. The van der Waals surface area contributed by atoms with E-state index < -0.39 is 0 Å². The van der Waals surface area contributed by atoms with Crippen molar-refractivity contribution >= 4 is 22.6 Å². The van der Waals surface area contributed by atoms with Crippen molar-refractivity contribution in [1.29, 1.82) is 0 Å². The Labute approximate surface area is 184 Å². The van der Waals surface area contributed by atoms with Crippen molar-refractivity contribution in [3.8, 4) is 28.6 Å². The Morgan fingerprint density at radius 2 is 1.44 bits per heavy atom. The van der Waals surface area contributed by atoms with Gasteiger partial charge in [-0.1, -0.05) is 0 Å². The Morgan fingerprint density at radius 3 is 2.06 bits per heavy atom. The van der Waals surface area contributed by atoms with Gasteiger partial charge in [-0.15, -0.1) is 0 Å². The van der Waals surface area contributed by atoms with E-state index in [9.17, 15) is 9.59 Å². The van der Waals surface area contributed by atoms with Gasteiger partial charge in [-0.05, 0) is 54.6 Å². The SMILES string of the molecule is COc1cc(OC)cc(C(=O)Nc2ccc(-c3cc(=O)c4cc(OC)ccc4o3)cc2)c1. The molecule has 7 nitrogen and oxygen atoms in total. The van der Waals surface area contributed by atoms with Crippen molar-refractivity contribution < 1.29 is 23.4 Å². The number of rotatable bonds is 6. The van der Waals surface area contributed by atoms with Crippen LogP contribution in [0.1, 0.15) is 10.4 Å². The Kier molecular flexibility index (Phi) is 5.81. The minimum atomic E-state index is -0.305. The van der Waals surface area contributed by atoms with E-state index in [2.05, 4.69) is 5.32 Å². The molecule has 0 atom stereocenters. The van der Waals surface area contributed by atoms with Gasteiger partial charge in [0, 0.05) is 28.9 Å². The summed E-state index contributed by atoms with van der Waals surface area (Å²) in [5.74, 6) is 1.76. The molecule has 0 fully saturated rings. The molecule has 1 amide bonds. The quantitative estimate of drug-likeness (QED) is 0.475. The van der Waals surface area contributed by atoms with Gasteiger partial charge in [0.2, 0.25) is 0 Å². The second-order valence-electron chi connectivity index (χ2n) is 6.97. The topological polar surface area (TPSA) is 87.0 Å². The van der Waals surface area contributed by atoms with E-state index in [1.807, 2.05) is 0 Å². The van der Waals surface area contributed by atoms with Crippen molar-refractivity contribution in [2.75, 3.05) is 26.6 Å². The van der Waals surface area contributed by atoms with Crippen LogP contribution in [-0.4, -0.2) is 27.2 Å². The van der Waals surface area contributed by atoms with Gasteiger partial charge in [-0.3, -0.25) is 9.59 Å². The van der Waals surface area contributed by atoms with Crippen LogP contribution < -0.4 is 25.0 Å². The van der Waals surface area contributed by atoms with Gasteiger partial charge in [0.05, 0.1) is 26.7 Å². The number of ether oxygens (including phenoxy) is 3. The third-order valence-corrected chi connectivity index (χ3v) is 4.98. The standard InChI is InChI=1S/C25H21NO6/c1-29-18-8-9-23-21(13-18)22(27)14-24(32-23)15-4-6-17(7-5-15)26-25(28)16-10-19(30-2)12-20(11-16)31-3/h4-14H,1-3H3,(H,26,28). The number of anilines is 1.